The maximum absolute atomic E-state index is 12.3. The summed E-state index contributed by atoms with van der Waals surface area (Å²) in [5.74, 6) is -0.441. The van der Waals surface area contributed by atoms with Gasteiger partial charge in [0.05, 0.1) is 11.3 Å². The lowest BCUT2D eigenvalue weighted by Gasteiger charge is -2.10. The van der Waals surface area contributed by atoms with Gasteiger partial charge in [-0.05, 0) is 38.0 Å². The van der Waals surface area contributed by atoms with Gasteiger partial charge in [0, 0.05) is 6.54 Å². The third kappa shape index (κ3) is 5.69. The van der Waals surface area contributed by atoms with Gasteiger partial charge in [0.2, 0.25) is 10.0 Å². The van der Waals surface area contributed by atoms with Crippen molar-refractivity contribution in [1.29, 1.82) is 0 Å². The van der Waals surface area contributed by atoms with Crippen LogP contribution < -0.4 is 4.72 Å². The molecule has 0 aromatic heterocycles. The quantitative estimate of drug-likeness (QED) is 0.770. The third-order valence-corrected chi connectivity index (χ3v) is 5.38. The Morgan fingerprint density at radius 1 is 1.00 bits per heavy atom. The summed E-state index contributed by atoms with van der Waals surface area (Å²) >= 11 is 0. The van der Waals surface area contributed by atoms with Gasteiger partial charge >= 0.3 is 5.97 Å². The Morgan fingerprint density at radius 3 is 2.28 bits per heavy atom. The average Bonchev–Trinajstić information content (AvgIpc) is 2.53. The van der Waals surface area contributed by atoms with E-state index in [9.17, 15) is 13.2 Å². The van der Waals surface area contributed by atoms with Crippen LogP contribution >= 0.6 is 0 Å². The maximum Gasteiger partial charge on any atom is 0.307 e. The summed E-state index contributed by atoms with van der Waals surface area (Å²) in [5.41, 5.74) is 3.70. The minimum Gasteiger partial charge on any atom is -0.461 e. The second-order valence-electron chi connectivity index (χ2n) is 6.06. The molecular formula is C19H23NO4S. The van der Waals surface area contributed by atoms with Gasteiger partial charge in [-0.2, -0.15) is 0 Å². The Morgan fingerprint density at radius 2 is 1.64 bits per heavy atom. The van der Waals surface area contributed by atoms with Gasteiger partial charge < -0.3 is 4.74 Å². The van der Waals surface area contributed by atoms with Crippen LogP contribution in [-0.2, 0) is 26.2 Å². The van der Waals surface area contributed by atoms with E-state index >= 15 is 0 Å². The number of nitrogens with one attached hydrogen (secondary N) is 1. The van der Waals surface area contributed by atoms with Crippen molar-refractivity contribution < 1.29 is 17.9 Å². The molecule has 25 heavy (non-hydrogen) atoms. The lowest BCUT2D eigenvalue weighted by molar-refractivity contribution is -0.144. The van der Waals surface area contributed by atoms with Crippen molar-refractivity contribution in [3.05, 3.63) is 64.7 Å². The minimum absolute atomic E-state index is 0.00236. The van der Waals surface area contributed by atoms with Crippen molar-refractivity contribution in [2.24, 2.45) is 0 Å². The number of rotatable bonds is 7. The highest BCUT2D eigenvalue weighted by atomic mass is 32.2. The van der Waals surface area contributed by atoms with Crippen molar-refractivity contribution in [1.82, 2.24) is 4.72 Å². The highest BCUT2D eigenvalue weighted by Crippen LogP contribution is 2.16. The molecule has 2 rings (SSSR count). The number of esters is 1. The highest BCUT2D eigenvalue weighted by molar-refractivity contribution is 7.89. The van der Waals surface area contributed by atoms with E-state index in [1.54, 1.807) is 19.1 Å². The zero-order valence-corrected chi connectivity index (χ0v) is 15.5. The van der Waals surface area contributed by atoms with Crippen LogP contribution in [-0.4, -0.2) is 20.9 Å². The second-order valence-corrected chi connectivity index (χ2v) is 7.80. The molecule has 0 atom stereocenters. The topological polar surface area (TPSA) is 72.5 Å². The molecule has 0 aliphatic rings. The van der Waals surface area contributed by atoms with Crippen LogP contribution in [0.5, 0.6) is 0 Å². The summed E-state index contributed by atoms with van der Waals surface area (Å²) in [6.07, 6.45) is -0.0179. The SMILES string of the molecule is Cc1ccc(COC(=O)CCNS(=O)(=O)c2ccc(C)cc2C)cc1. The number of carbonyl (C=O) groups excluding carboxylic acids is 1. The smallest absolute Gasteiger partial charge is 0.307 e. The molecule has 0 spiro atoms. The first-order valence-electron chi connectivity index (χ1n) is 8.06. The van der Waals surface area contributed by atoms with Crippen molar-refractivity contribution in [2.45, 2.75) is 38.7 Å². The molecule has 0 heterocycles. The van der Waals surface area contributed by atoms with Crippen LogP contribution in [0.4, 0.5) is 0 Å². The molecular weight excluding hydrogens is 338 g/mol. The summed E-state index contributed by atoms with van der Waals surface area (Å²) < 4.78 is 32.2. The largest absolute Gasteiger partial charge is 0.461 e. The van der Waals surface area contributed by atoms with Crippen LogP contribution in [0.1, 0.15) is 28.7 Å². The van der Waals surface area contributed by atoms with E-state index in [2.05, 4.69) is 4.72 Å². The Hall–Kier alpha value is -2.18. The van der Waals surface area contributed by atoms with Gasteiger partial charge in [-0.25, -0.2) is 13.1 Å². The molecule has 0 saturated carbocycles. The molecule has 0 fully saturated rings. The molecule has 5 nitrogen and oxygen atoms in total. The molecule has 0 bridgehead atoms. The molecule has 134 valence electrons. The molecule has 0 aliphatic heterocycles. The number of hydrogen-bond acceptors (Lipinski definition) is 4. The van der Waals surface area contributed by atoms with Crippen molar-refractivity contribution >= 4 is 16.0 Å². The molecule has 1 N–H and O–H groups in total. The molecule has 0 unspecified atom stereocenters. The number of carbonyl (C=O) groups is 1. The van der Waals surface area contributed by atoms with Crippen LogP contribution in [0.3, 0.4) is 0 Å². The van der Waals surface area contributed by atoms with Gasteiger partial charge in [0.15, 0.2) is 0 Å². The predicted molar refractivity (Wildman–Crippen MR) is 96.7 cm³/mol. The Kier molecular flexibility index (Phi) is 6.33. The van der Waals surface area contributed by atoms with E-state index in [0.29, 0.717) is 5.56 Å². The monoisotopic (exact) mass is 361 g/mol. The standard InChI is InChI=1S/C19H23NO4S/c1-14-4-7-17(8-5-14)13-24-19(21)10-11-20-25(22,23)18-9-6-15(2)12-16(18)3/h4-9,12,20H,10-11,13H2,1-3H3. The van der Waals surface area contributed by atoms with Gasteiger partial charge in [-0.1, -0.05) is 47.5 Å². The van der Waals surface area contributed by atoms with E-state index in [1.165, 1.54) is 0 Å². The van der Waals surface area contributed by atoms with Crippen LogP contribution in [0.2, 0.25) is 0 Å². The van der Waals surface area contributed by atoms with E-state index in [4.69, 9.17) is 4.74 Å². The molecule has 2 aromatic carbocycles. The van der Waals surface area contributed by atoms with Gasteiger partial charge in [-0.3, -0.25) is 4.79 Å². The number of benzene rings is 2. The molecule has 0 amide bonds. The molecule has 0 aliphatic carbocycles. The van der Waals surface area contributed by atoms with Crippen LogP contribution in [0.25, 0.3) is 0 Å². The van der Waals surface area contributed by atoms with E-state index < -0.39 is 16.0 Å². The van der Waals surface area contributed by atoms with Gasteiger partial charge in [0.25, 0.3) is 0 Å². The molecule has 2 aromatic rings. The Balaban J connectivity index is 1.82. The van der Waals surface area contributed by atoms with Gasteiger partial charge in [-0.15, -0.1) is 0 Å². The van der Waals surface area contributed by atoms with Crippen molar-refractivity contribution in [2.75, 3.05) is 6.54 Å². The summed E-state index contributed by atoms with van der Waals surface area (Å²) in [7, 11) is -3.63. The second kappa shape index (κ2) is 8.27. The zero-order chi connectivity index (χ0) is 18.4. The summed E-state index contributed by atoms with van der Waals surface area (Å²) in [5, 5.41) is 0. The summed E-state index contributed by atoms with van der Waals surface area (Å²) in [4.78, 5) is 12.0. The van der Waals surface area contributed by atoms with E-state index in [-0.39, 0.29) is 24.5 Å². The predicted octanol–water partition coefficient (Wildman–Crippen LogP) is 3.02. The van der Waals surface area contributed by atoms with Gasteiger partial charge in [0.1, 0.15) is 6.61 Å². The summed E-state index contributed by atoms with van der Waals surface area (Å²) in [6, 6.07) is 12.8. The molecule has 0 radical (unpaired) electrons. The minimum atomic E-state index is -3.63. The lowest BCUT2D eigenvalue weighted by Crippen LogP contribution is -2.27. The first-order chi connectivity index (χ1) is 11.8. The zero-order valence-electron chi connectivity index (χ0n) is 14.7. The normalized spacial score (nSPS) is 11.3. The summed E-state index contributed by atoms with van der Waals surface area (Å²) in [6.45, 7) is 5.82. The van der Waals surface area contributed by atoms with Crippen LogP contribution in [0, 0.1) is 20.8 Å². The third-order valence-electron chi connectivity index (χ3n) is 3.76. The first kappa shape index (κ1) is 19.1. The van der Waals surface area contributed by atoms with Crippen molar-refractivity contribution in [3.8, 4) is 0 Å². The fourth-order valence-corrected chi connectivity index (χ4v) is 3.64. The number of hydrogen-bond donors (Lipinski definition) is 1. The Labute approximate surface area is 149 Å². The molecule has 0 saturated heterocycles. The first-order valence-corrected chi connectivity index (χ1v) is 9.54. The van der Waals surface area contributed by atoms with Crippen LogP contribution in [0.15, 0.2) is 47.4 Å². The highest BCUT2D eigenvalue weighted by Gasteiger charge is 2.17. The number of ether oxygens (including phenoxy) is 1. The Bertz CT molecular complexity index is 842. The average molecular weight is 361 g/mol. The van der Waals surface area contributed by atoms with E-state index in [1.807, 2.05) is 44.2 Å². The van der Waals surface area contributed by atoms with Crippen molar-refractivity contribution in [3.63, 3.8) is 0 Å². The number of aryl methyl sites for hydroxylation is 3. The maximum atomic E-state index is 12.3. The lowest BCUT2D eigenvalue weighted by atomic mass is 10.2. The van der Waals surface area contributed by atoms with E-state index in [0.717, 1.165) is 16.7 Å². The number of sulfonamides is 1. The fourth-order valence-electron chi connectivity index (χ4n) is 2.39. The fraction of sp³-hybridized carbons (Fsp3) is 0.316. The molecule has 6 heteroatoms.